The van der Waals surface area contributed by atoms with E-state index in [0.29, 0.717) is 5.56 Å². The molecule has 1 heterocycles. The molecule has 0 unspecified atom stereocenters. The first-order valence-corrected chi connectivity index (χ1v) is 8.26. The molecule has 0 atom stereocenters. The second-order valence-electron chi connectivity index (χ2n) is 4.61. The number of nitrogens with two attached hydrogens (primary N) is 1. The number of ether oxygens (including phenoxy) is 1. The molecule has 118 valence electrons. The monoisotopic (exact) mass is 342 g/mol. The van der Waals surface area contributed by atoms with Gasteiger partial charge in [0.1, 0.15) is 10.6 Å². The summed E-state index contributed by atoms with van der Waals surface area (Å²) >= 11 is 5.85. The van der Waals surface area contributed by atoms with Crippen LogP contribution >= 0.6 is 11.6 Å². The van der Waals surface area contributed by atoms with Crippen LogP contribution in [0.4, 0.5) is 5.69 Å². The van der Waals surface area contributed by atoms with Crippen molar-refractivity contribution in [3.05, 3.63) is 46.7 Å². The van der Waals surface area contributed by atoms with Crippen LogP contribution in [0.2, 0.25) is 5.02 Å². The molecule has 2 aromatic rings. The third-order valence-corrected chi connectivity index (χ3v) is 4.88. The van der Waals surface area contributed by atoms with E-state index in [2.05, 4.69) is 0 Å². The van der Waals surface area contributed by atoms with Crippen molar-refractivity contribution >= 4 is 33.3 Å². The number of halogens is 1. The second-order valence-corrected chi connectivity index (χ2v) is 6.83. The third-order valence-electron chi connectivity index (χ3n) is 2.92. The molecule has 8 heteroatoms. The average Bonchev–Trinajstić information content (AvgIpc) is 2.84. The molecule has 0 aliphatic carbocycles. The lowest BCUT2D eigenvalue weighted by atomic mass is 10.3. The molecule has 0 fully saturated rings. The summed E-state index contributed by atoms with van der Waals surface area (Å²) in [6.45, 7) is 3.46. The Balaban J connectivity index is 2.64. The maximum atomic E-state index is 12.8. The van der Waals surface area contributed by atoms with Crippen LogP contribution in [0.5, 0.6) is 0 Å². The van der Waals surface area contributed by atoms with Crippen LogP contribution < -0.4 is 5.73 Å². The van der Waals surface area contributed by atoms with Crippen molar-refractivity contribution in [3.8, 4) is 0 Å². The zero-order valence-corrected chi connectivity index (χ0v) is 13.6. The SMILES string of the molecule is CCOC(=O)c1cc(C)cn1S(=O)(=O)c1cc(Cl)ccc1N. The van der Waals surface area contributed by atoms with Gasteiger partial charge in [0, 0.05) is 11.2 Å². The fraction of sp³-hybridized carbons (Fsp3) is 0.214. The molecule has 0 saturated carbocycles. The van der Waals surface area contributed by atoms with Gasteiger partial charge in [-0.05, 0) is 43.7 Å². The van der Waals surface area contributed by atoms with Crippen LogP contribution in [0.3, 0.4) is 0 Å². The maximum Gasteiger partial charge on any atom is 0.356 e. The Kier molecular flexibility index (Phi) is 4.48. The van der Waals surface area contributed by atoms with E-state index >= 15 is 0 Å². The van der Waals surface area contributed by atoms with E-state index in [9.17, 15) is 13.2 Å². The lowest BCUT2D eigenvalue weighted by Crippen LogP contribution is -2.20. The number of hydrogen-bond acceptors (Lipinski definition) is 5. The van der Waals surface area contributed by atoms with Gasteiger partial charge in [0.25, 0.3) is 10.0 Å². The lowest BCUT2D eigenvalue weighted by molar-refractivity contribution is 0.0518. The highest BCUT2D eigenvalue weighted by Gasteiger charge is 2.26. The van der Waals surface area contributed by atoms with Crippen LogP contribution in [0.25, 0.3) is 0 Å². The molecule has 1 aromatic heterocycles. The number of aryl methyl sites for hydroxylation is 1. The first kappa shape index (κ1) is 16.4. The highest BCUT2D eigenvalue weighted by atomic mass is 35.5. The number of benzene rings is 1. The summed E-state index contributed by atoms with van der Waals surface area (Å²) in [5, 5.41) is 0.231. The number of carbonyl (C=O) groups excluding carboxylic acids is 1. The number of carbonyl (C=O) groups is 1. The Morgan fingerprint density at radius 3 is 2.68 bits per heavy atom. The fourth-order valence-corrected chi connectivity index (χ4v) is 3.74. The molecule has 0 saturated heterocycles. The number of anilines is 1. The molecule has 0 radical (unpaired) electrons. The number of rotatable bonds is 4. The van der Waals surface area contributed by atoms with Crippen molar-refractivity contribution in [2.45, 2.75) is 18.7 Å². The molecule has 2 rings (SSSR count). The van der Waals surface area contributed by atoms with E-state index in [4.69, 9.17) is 22.1 Å². The minimum Gasteiger partial charge on any atom is -0.461 e. The predicted octanol–water partition coefficient (Wildman–Crippen LogP) is 2.45. The van der Waals surface area contributed by atoms with Gasteiger partial charge in [-0.3, -0.25) is 0 Å². The van der Waals surface area contributed by atoms with E-state index < -0.39 is 16.0 Å². The van der Waals surface area contributed by atoms with Gasteiger partial charge in [-0.25, -0.2) is 17.2 Å². The topological polar surface area (TPSA) is 91.4 Å². The van der Waals surface area contributed by atoms with Gasteiger partial charge in [-0.15, -0.1) is 0 Å². The van der Waals surface area contributed by atoms with Crippen LogP contribution in [-0.2, 0) is 14.8 Å². The number of hydrogen-bond donors (Lipinski definition) is 1. The number of nitrogen functional groups attached to an aromatic ring is 1. The highest BCUT2D eigenvalue weighted by molar-refractivity contribution is 7.90. The van der Waals surface area contributed by atoms with E-state index in [1.165, 1.54) is 30.5 Å². The summed E-state index contributed by atoms with van der Waals surface area (Å²) in [7, 11) is -4.06. The summed E-state index contributed by atoms with van der Waals surface area (Å²) in [5.74, 6) is -0.722. The Bertz CT molecular complexity index is 827. The number of esters is 1. The highest BCUT2D eigenvalue weighted by Crippen LogP contribution is 2.26. The summed E-state index contributed by atoms with van der Waals surface area (Å²) < 4.78 is 31.3. The van der Waals surface area contributed by atoms with Gasteiger partial charge in [-0.1, -0.05) is 11.6 Å². The standard InChI is InChI=1S/C14H15ClN2O4S/c1-3-21-14(18)12-6-9(2)8-17(12)22(19,20)13-7-10(15)4-5-11(13)16/h4-8H,3,16H2,1-2H3. The number of aromatic nitrogens is 1. The molecule has 1 aromatic carbocycles. The van der Waals surface area contributed by atoms with Crippen molar-refractivity contribution in [3.63, 3.8) is 0 Å². The van der Waals surface area contributed by atoms with Crippen molar-refractivity contribution in [2.24, 2.45) is 0 Å². The Morgan fingerprint density at radius 2 is 2.05 bits per heavy atom. The van der Waals surface area contributed by atoms with E-state index in [1.54, 1.807) is 13.8 Å². The average molecular weight is 343 g/mol. The number of nitrogens with zero attached hydrogens (tertiary/aromatic N) is 1. The molecule has 0 amide bonds. The molecule has 0 spiro atoms. The Hall–Kier alpha value is -1.99. The zero-order valence-electron chi connectivity index (χ0n) is 12.0. The van der Waals surface area contributed by atoms with Crippen LogP contribution in [-0.4, -0.2) is 25.0 Å². The molecule has 0 aliphatic rings. The minimum atomic E-state index is -4.06. The van der Waals surface area contributed by atoms with E-state index in [-0.39, 0.29) is 27.9 Å². The molecule has 6 nitrogen and oxygen atoms in total. The van der Waals surface area contributed by atoms with Crippen molar-refractivity contribution in [1.82, 2.24) is 3.97 Å². The van der Waals surface area contributed by atoms with Gasteiger partial charge in [0.05, 0.1) is 12.3 Å². The fourth-order valence-electron chi connectivity index (χ4n) is 1.96. The molecular weight excluding hydrogens is 328 g/mol. The molecule has 0 aliphatic heterocycles. The normalized spacial score (nSPS) is 11.4. The maximum absolute atomic E-state index is 12.8. The van der Waals surface area contributed by atoms with Crippen molar-refractivity contribution in [1.29, 1.82) is 0 Å². The molecular formula is C14H15ClN2O4S. The first-order valence-electron chi connectivity index (χ1n) is 6.44. The summed E-state index contributed by atoms with van der Waals surface area (Å²) in [4.78, 5) is 11.8. The Morgan fingerprint density at radius 1 is 1.36 bits per heavy atom. The van der Waals surface area contributed by atoms with Gasteiger partial charge in [-0.2, -0.15) is 0 Å². The van der Waals surface area contributed by atoms with Crippen molar-refractivity contribution < 1.29 is 17.9 Å². The summed E-state index contributed by atoms with van der Waals surface area (Å²) in [6.07, 6.45) is 1.34. The smallest absolute Gasteiger partial charge is 0.356 e. The van der Waals surface area contributed by atoms with Crippen molar-refractivity contribution in [2.75, 3.05) is 12.3 Å². The van der Waals surface area contributed by atoms with Gasteiger partial charge < -0.3 is 10.5 Å². The third kappa shape index (κ3) is 2.95. The lowest BCUT2D eigenvalue weighted by Gasteiger charge is -2.12. The quantitative estimate of drug-likeness (QED) is 0.680. The van der Waals surface area contributed by atoms with Crippen LogP contribution in [0.15, 0.2) is 35.4 Å². The van der Waals surface area contributed by atoms with Gasteiger partial charge in [0.15, 0.2) is 0 Å². The molecule has 0 bridgehead atoms. The minimum absolute atomic E-state index is 0.0468. The first-order chi connectivity index (χ1) is 10.3. The van der Waals surface area contributed by atoms with E-state index in [0.717, 1.165) is 3.97 Å². The molecule has 22 heavy (non-hydrogen) atoms. The van der Waals surface area contributed by atoms with Crippen LogP contribution in [0, 0.1) is 6.92 Å². The molecule has 2 N–H and O–H groups in total. The van der Waals surface area contributed by atoms with Crippen LogP contribution in [0.1, 0.15) is 23.0 Å². The summed E-state index contributed by atoms with van der Waals surface area (Å²) in [6, 6.07) is 5.57. The Labute approximate surface area is 133 Å². The largest absolute Gasteiger partial charge is 0.461 e. The second kappa shape index (κ2) is 6.02. The zero-order chi connectivity index (χ0) is 16.5. The van der Waals surface area contributed by atoms with E-state index in [1.807, 2.05) is 0 Å². The summed E-state index contributed by atoms with van der Waals surface area (Å²) in [5.41, 5.74) is 6.30. The van der Waals surface area contributed by atoms with Gasteiger partial charge >= 0.3 is 5.97 Å². The predicted molar refractivity (Wildman–Crippen MR) is 83.6 cm³/mol. The van der Waals surface area contributed by atoms with Gasteiger partial charge in [0.2, 0.25) is 0 Å².